The van der Waals surface area contributed by atoms with Crippen molar-refractivity contribution in [2.75, 3.05) is 0 Å². The zero-order valence-corrected chi connectivity index (χ0v) is 11.9. The smallest absolute Gasteiger partial charge is 0.232 e. The van der Waals surface area contributed by atoms with Gasteiger partial charge in [0.2, 0.25) is 11.6 Å². The van der Waals surface area contributed by atoms with E-state index >= 15 is 0 Å². The number of aliphatic hydroxyl groups excluding tert-OH is 2. The monoisotopic (exact) mass is 308 g/mol. The number of hydrogen-bond donors (Lipinski definition) is 3. The molecule has 3 rings (SSSR count). The maximum absolute atomic E-state index is 12.4. The van der Waals surface area contributed by atoms with Gasteiger partial charge in [0.1, 0.15) is 5.75 Å². The van der Waals surface area contributed by atoms with Gasteiger partial charge in [0.25, 0.3) is 0 Å². The van der Waals surface area contributed by atoms with Crippen molar-refractivity contribution >= 4 is 22.7 Å². The summed E-state index contributed by atoms with van der Waals surface area (Å²) in [6.07, 6.45) is 0. The van der Waals surface area contributed by atoms with Gasteiger partial charge < -0.3 is 15.3 Å². The van der Waals surface area contributed by atoms with Crippen molar-refractivity contribution in [2.45, 2.75) is 0 Å². The second-order valence-electron chi connectivity index (χ2n) is 5.02. The highest BCUT2D eigenvalue weighted by Gasteiger charge is 2.36. The van der Waals surface area contributed by atoms with E-state index in [1.807, 2.05) is 0 Å². The molecule has 114 valence electrons. The molecule has 0 saturated heterocycles. The third-order valence-electron chi connectivity index (χ3n) is 3.58. The number of allylic oxidation sites excluding steroid dienone is 2. The molecule has 0 aliphatic heterocycles. The van der Waals surface area contributed by atoms with E-state index in [2.05, 4.69) is 0 Å². The molecule has 23 heavy (non-hydrogen) atoms. The van der Waals surface area contributed by atoms with Crippen molar-refractivity contribution in [1.82, 2.24) is 0 Å². The standard InChI is InChI=1S/C18H12O5/c19-12-8-6-11(7-9-12)14-17(22)15(20)13(16(21)18(14)23)10-4-2-1-3-5-10/h1-9,19-20,23H. The zero-order valence-electron chi connectivity index (χ0n) is 11.9. The summed E-state index contributed by atoms with van der Waals surface area (Å²) in [4.78, 5) is 24.8. The number of hydrogen-bond acceptors (Lipinski definition) is 5. The molecule has 0 unspecified atom stereocenters. The number of phenolic OH excluding ortho intramolecular Hbond substituents is 1. The summed E-state index contributed by atoms with van der Waals surface area (Å²) in [5.41, 5.74) is 0.0692. The van der Waals surface area contributed by atoms with Crippen LogP contribution in [0.2, 0.25) is 0 Å². The molecule has 0 saturated carbocycles. The summed E-state index contributed by atoms with van der Waals surface area (Å²) >= 11 is 0. The van der Waals surface area contributed by atoms with Crippen molar-refractivity contribution in [3.63, 3.8) is 0 Å². The van der Waals surface area contributed by atoms with Gasteiger partial charge >= 0.3 is 0 Å². The molecule has 3 N–H and O–H groups in total. The van der Waals surface area contributed by atoms with Gasteiger partial charge in [0.15, 0.2) is 11.5 Å². The molecule has 1 aliphatic carbocycles. The first-order valence-electron chi connectivity index (χ1n) is 6.81. The Morgan fingerprint density at radius 3 is 1.48 bits per heavy atom. The van der Waals surface area contributed by atoms with Gasteiger partial charge in [-0.2, -0.15) is 0 Å². The van der Waals surface area contributed by atoms with Gasteiger partial charge in [-0.05, 0) is 23.3 Å². The molecule has 2 aromatic carbocycles. The Morgan fingerprint density at radius 1 is 0.565 bits per heavy atom. The van der Waals surface area contributed by atoms with Crippen LogP contribution in [0.3, 0.4) is 0 Å². The van der Waals surface area contributed by atoms with Crippen LogP contribution in [-0.2, 0) is 9.59 Å². The maximum atomic E-state index is 12.4. The minimum atomic E-state index is -0.841. The number of rotatable bonds is 2. The Labute approximate surface area is 131 Å². The van der Waals surface area contributed by atoms with E-state index in [9.17, 15) is 24.9 Å². The summed E-state index contributed by atoms with van der Waals surface area (Å²) in [5, 5.41) is 29.7. The third kappa shape index (κ3) is 2.38. The van der Waals surface area contributed by atoms with Gasteiger partial charge in [0, 0.05) is 0 Å². The quantitative estimate of drug-likeness (QED) is 0.742. The fourth-order valence-corrected chi connectivity index (χ4v) is 2.45. The molecule has 0 bridgehead atoms. The number of Topliss-reactive ketones (excluding diaryl/α,β-unsaturated/α-hetero) is 2. The zero-order chi connectivity index (χ0) is 16.6. The van der Waals surface area contributed by atoms with Crippen molar-refractivity contribution in [3.05, 3.63) is 77.2 Å². The average molecular weight is 308 g/mol. The summed E-state index contributed by atoms with van der Waals surface area (Å²) in [5.74, 6) is -3.12. The molecule has 0 fully saturated rings. The van der Waals surface area contributed by atoms with Gasteiger partial charge in [-0.3, -0.25) is 9.59 Å². The van der Waals surface area contributed by atoms with Crippen molar-refractivity contribution in [2.24, 2.45) is 0 Å². The molecule has 5 heteroatoms. The van der Waals surface area contributed by atoms with Crippen LogP contribution in [0.1, 0.15) is 11.1 Å². The fraction of sp³-hybridized carbons (Fsp3) is 0. The van der Waals surface area contributed by atoms with Crippen LogP contribution in [0.15, 0.2) is 66.1 Å². The lowest BCUT2D eigenvalue weighted by atomic mass is 9.86. The molecule has 0 heterocycles. The lowest BCUT2D eigenvalue weighted by molar-refractivity contribution is -0.116. The average Bonchev–Trinajstić information content (AvgIpc) is 2.56. The van der Waals surface area contributed by atoms with Gasteiger partial charge in [-0.15, -0.1) is 0 Å². The normalized spacial score (nSPS) is 15.3. The molecule has 0 amide bonds. The van der Waals surface area contributed by atoms with Crippen LogP contribution in [0.5, 0.6) is 5.75 Å². The Balaban J connectivity index is 2.14. The molecule has 1 aliphatic rings. The number of aromatic hydroxyl groups is 1. The molecule has 0 aromatic heterocycles. The van der Waals surface area contributed by atoms with Crippen LogP contribution >= 0.6 is 0 Å². The minimum Gasteiger partial charge on any atom is -0.508 e. The summed E-state index contributed by atoms with van der Waals surface area (Å²) in [6, 6.07) is 13.6. The van der Waals surface area contributed by atoms with E-state index in [0.29, 0.717) is 5.56 Å². The Hall–Kier alpha value is -3.34. The van der Waals surface area contributed by atoms with Crippen LogP contribution in [-0.4, -0.2) is 26.9 Å². The topological polar surface area (TPSA) is 94.8 Å². The van der Waals surface area contributed by atoms with Crippen molar-refractivity contribution in [3.8, 4) is 5.75 Å². The number of aliphatic hydroxyl groups is 2. The fourth-order valence-electron chi connectivity index (χ4n) is 2.45. The second kappa shape index (κ2) is 5.46. The Bertz CT molecular complexity index is 858. The highest BCUT2D eigenvalue weighted by Crippen LogP contribution is 2.34. The predicted molar refractivity (Wildman–Crippen MR) is 83.7 cm³/mol. The second-order valence-corrected chi connectivity index (χ2v) is 5.02. The van der Waals surface area contributed by atoms with Crippen molar-refractivity contribution < 1.29 is 24.9 Å². The van der Waals surface area contributed by atoms with Crippen LogP contribution in [0.4, 0.5) is 0 Å². The first-order chi connectivity index (χ1) is 11.0. The Morgan fingerprint density at radius 2 is 1.00 bits per heavy atom. The SMILES string of the molecule is O=C1C(O)=C(c2ccc(O)cc2)C(=O)C(O)=C1c1ccccc1. The highest BCUT2D eigenvalue weighted by atomic mass is 16.3. The first kappa shape index (κ1) is 14.6. The molecule has 2 aromatic rings. The van der Waals surface area contributed by atoms with E-state index in [1.165, 1.54) is 24.3 Å². The van der Waals surface area contributed by atoms with E-state index in [-0.39, 0.29) is 22.5 Å². The molecule has 5 nitrogen and oxygen atoms in total. The van der Waals surface area contributed by atoms with Crippen LogP contribution < -0.4 is 0 Å². The van der Waals surface area contributed by atoms with Crippen LogP contribution in [0.25, 0.3) is 11.1 Å². The summed E-state index contributed by atoms with van der Waals surface area (Å²) < 4.78 is 0. The molecule has 0 atom stereocenters. The lowest BCUT2D eigenvalue weighted by Gasteiger charge is -2.18. The number of benzene rings is 2. The van der Waals surface area contributed by atoms with Gasteiger partial charge in [-0.1, -0.05) is 42.5 Å². The lowest BCUT2D eigenvalue weighted by Crippen LogP contribution is -2.22. The number of carbonyl (C=O) groups is 2. The van der Waals surface area contributed by atoms with Crippen LogP contribution in [0, 0.1) is 0 Å². The molecule has 0 spiro atoms. The summed E-state index contributed by atoms with van der Waals surface area (Å²) in [6.45, 7) is 0. The predicted octanol–water partition coefficient (Wildman–Crippen LogP) is 2.78. The summed E-state index contributed by atoms with van der Waals surface area (Å²) in [7, 11) is 0. The molecular weight excluding hydrogens is 296 g/mol. The minimum absolute atomic E-state index is 0.0202. The van der Waals surface area contributed by atoms with Gasteiger partial charge in [-0.25, -0.2) is 0 Å². The van der Waals surface area contributed by atoms with E-state index < -0.39 is 23.1 Å². The Kier molecular flexibility index (Phi) is 3.46. The largest absolute Gasteiger partial charge is 0.508 e. The van der Waals surface area contributed by atoms with Gasteiger partial charge in [0.05, 0.1) is 11.1 Å². The van der Waals surface area contributed by atoms with E-state index in [1.54, 1.807) is 30.3 Å². The number of ketones is 2. The number of carbonyl (C=O) groups excluding carboxylic acids is 2. The maximum Gasteiger partial charge on any atom is 0.232 e. The number of phenols is 1. The van der Waals surface area contributed by atoms with E-state index in [4.69, 9.17) is 0 Å². The van der Waals surface area contributed by atoms with E-state index in [0.717, 1.165) is 0 Å². The molecular formula is C18H12O5. The highest BCUT2D eigenvalue weighted by molar-refractivity contribution is 6.46. The third-order valence-corrected chi connectivity index (χ3v) is 3.58. The first-order valence-corrected chi connectivity index (χ1v) is 6.81. The molecule has 0 radical (unpaired) electrons. The van der Waals surface area contributed by atoms with Crippen molar-refractivity contribution in [1.29, 1.82) is 0 Å².